The van der Waals surface area contributed by atoms with Crippen LogP contribution in [0.2, 0.25) is 0 Å². The Balaban J connectivity index is 1.90. The van der Waals surface area contributed by atoms with Crippen molar-refractivity contribution in [1.82, 2.24) is 0 Å². The average Bonchev–Trinajstić information content (AvgIpc) is 2.99. The lowest BCUT2D eigenvalue weighted by Gasteiger charge is -2.07. The summed E-state index contributed by atoms with van der Waals surface area (Å²) >= 11 is 0. The van der Waals surface area contributed by atoms with Crippen molar-refractivity contribution in [3.63, 3.8) is 0 Å². The van der Waals surface area contributed by atoms with E-state index in [2.05, 4.69) is 6.07 Å². The van der Waals surface area contributed by atoms with E-state index < -0.39 is 0 Å². The molecule has 0 N–H and O–H groups in total. The number of hydrogen-bond donors (Lipinski definition) is 0. The fourth-order valence-corrected chi connectivity index (χ4v) is 1.26. The van der Waals surface area contributed by atoms with Crippen LogP contribution >= 0.6 is 0 Å². The summed E-state index contributed by atoms with van der Waals surface area (Å²) in [6.07, 6.45) is 2.62. The lowest BCUT2D eigenvalue weighted by Crippen LogP contribution is -1.99. The van der Waals surface area contributed by atoms with Gasteiger partial charge in [-0.1, -0.05) is 0 Å². The van der Waals surface area contributed by atoms with Crippen LogP contribution in [0.25, 0.3) is 0 Å². The molecule has 1 radical (unpaired) electrons. The molecule has 0 aliphatic heterocycles. The van der Waals surface area contributed by atoms with E-state index in [4.69, 9.17) is 9.47 Å². The van der Waals surface area contributed by atoms with E-state index >= 15 is 0 Å². The molecule has 0 atom stereocenters. The second kappa shape index (κ2) is 4.36. The van der Waals surface area contributed by atoms with Gasteiger partial charge in [-0.25, -0.2) is 0 Å². The summed E-state index contributed by atoms with van der Waals surface area (Å²) in [7, 11) is 0. The van der Waals surface area contributed by atoms with Crippen molar-refractivity contribution < 1.29 is 9.47 Å². The summed E-state index contributed by atoms with van der Waals surface area (Å²) < 4.78 is 11.0. The van der Waals surface area contributed by atoms with Crippen molar-refractivity contribution in [3.8, 4) is 11.5 Å². The Kier molecular flexibility index (Phi) is 2.92. The molecule has 0 spiro atoms. The Morgan fingerprint density at radius 2 is 2.29 bits per heavy atom. The van der Waals surface area contributed by atoms with Gasteiger partial charge in [-0.15, -0.1) is 0 Å². The third kappa shape index (κ3) is 2.66. The van der Waals surface area contributed by atoms with Gasteiger partial charge < -0.3 is 9.47 Å². The van der Waals surface area contributed by atoms with Gasteiger partial charge in [-0.3, -0.25) is 0 Å². The average molecular weight is 191 g/mol. The third-order valence-electron chi connectivity index (χ3n) is 2.23. The van der Waals surface area contributed by atoms with Crippen LogP contribution in [0.1, 0.15) is 19.8 Å². The van der Waals surface area contributed by atoms with Crippen LogP contribution in [0.5, 0.6) is 11.5 Å². The van der Waals surface area contributed by atoms with Crippen molar-refractivity contribution in [2.75, 3.05) is 13.2 Å². The van der Waals surface area contributed by atoms with Crippen molar-refractivity contribution in [1.29, 1.82) is 0 Å². The first-order chi connectivity index (χ1) is 6.88. The Bertz CT molecular complexity index is 292. The number of hydrogen-bond acceptors (Lipinski definition) is 2. The summed E-state index contributed by atoms with van der Waals surface area (Å²) in [6.45, 7) is 3.49. The quantitative estimate of drug-likeness (QED) is 0.712. The first-order valence-electron chi connectivity index (χ1n) is 5.16. The summed E-state index contributed by atoms with van der Waals surface area (Å²) in [4.78, 5) is 0. The van der Waals surface area contributed by atoms with Gasteiger partial charge in [0.05, 0.1) is 13.2 Å². The second-order valence-electron chi connectivity index (χ2n) is 3.58. The van der Waals surface area contributed by atoms with Crippen LogP contribution in [-0.4, -0.2) is 13.2 Å². The molecule has 0 heterocycles. The Labute approximate surface area is 84.8 Å². The van der Waals surface area contributed by atoms with Crippen LogP contribution in [0.3, 0.4) is 0 Å². The predicted octanol–water partition coefficient (Wildman–Crippen LogP) is 2.67. The van der Waals surface area contributed by atoms with Gasteiger partial charge in [-0.2, -0.15) is 0 Å². The highest BCUT2D eigenvalue weighted by Crippen LogP contribution is 2.30. The van der Waals surface area contributed by atoms with E-state index in [1.54, 1.807) is 0 Å². The van der Waals surface area contributed by atoms with E-state index in [9.17, 15) is 0 Å². The van der Waals surface area contributed by atoms with Crippen LogP contribution in [-0.2, 0) is 0 Å². The van der Waals surface area contributed by atoms with Crippen LogP contribution in [0.4, 0.5) is 0 Å². The van der Waals surface area contributed by atoms with Gasteiger partial charge in [0.1, 0.15) is 11.5 Å². The van der Waals surface area contributed by atoms with Crippen LogP contribution in [0.15, 0.2) is 18.2 Å². The molecule has 14 heavy (non-hydrogen) atoms. The topological polar surface area (TPSA) is 18.5 Å². The minimum atomic E-state index is 0.687. The van der Waals surface area contributed by atoms with E-state index in [0.717, 1.165) is 24.0 Å². The third-order valence-corrected chi connectivity index (χ3v) is 2.23. The van der Waals surface area contributed by atoms with Crippen molar-refractivity contribution >= 4 is 0 Å². The molecule has 2 heteroatoms. The van der Waals surface area contributed by atoms with Crippen molar-refractivity contribution in [2.24, 2.45) is 5.92 Å². The zero-order valence-corrected chi connectivity index (χ0v) is 8.45. The molecule has 2 nitrogen and oxygen atoms in total. The molecule has 0 aromatic heterocycles. The minimum Gasteiger partial charge on any atom is -0.494 e. The molecule has 1 aliphatic carbocycles. The fraction of sp³-hybridized carbons (Fsp3) is 0.500. The predicted molar refractivity (Wildman–Crippen MR) is 54.7 cm³/mol. The summed E-state index contributed by atoms with van der Waals surface area (Å²) in [5, 5.41) is 0. The van der Waals surface area contributed by atoms with E-state index in [1.165, 1.54) is 12.8 Å². The zero-order valence-electron chi connectivity index (χ0n) is 8.45. The molecule has 75 valence electrons. The van der Waals surface area contributed by atoms with Gasteiger partial charge in [0.25, 0.3) is 0 Å². The molecule has 1 aromatic carbocycles. The van der Waals surface area contributed by atoms with Crippen LogP contribution in [0, 0.1) is 12.0 Å². The Morgan fingerprint density at radius 3 is 3.00 bits per heavy atom. The Morgan fingerprint density at radius 1 is 1.43 bits per heavy atom. The maximum Gasteiger partial charge on any atom is 0.130 e. The minimum absolute atomic E-state index is 0.687. The molecule has 2 rings (SSSR count). The molecule has 0 amide bonds. The van der Waals surface area contributed by atoms with E-state index in [0.29, 0.717) is 6.61 Å². The van der Waals surface area contributed by atoms with Crippen molar-refractivity contribution in [2.45, 2.75) is 19.8 Å². The number of benzene rings is 1. The molecule has 1 aromatic rings. The smallest absolute Gasteiger partial charge is 0.130 e. The monoisotopic (exact) mass is 191 g/mol. The highest BCUT2D eigenvalue weighted by atomic mass is 16.5. The van der Waals surface area contributed by atoms with Gasteiger partial charge in [0.2, 0.25) is 0 Å². The molecule has 0 bridgehead atoms. The second-order valence-corrected chi connectivity index (χ2v) is 3.58. The molecule has 1 saturated carbocycles. The van der Waals surface area contributed by atoms with E-state index in [1.807, 2.05) is 25.1 Å². The molecule has 0 unspecified atom stereocenters. The first-order valence-corrected chi connectivity index (χ1v) is 5.16. The lowest BCUT2D eigenvalue weighted by molar-refractivity contribution is 0.294. The lowest BCUT2D eigenvalue weighted by atomic mass is 10.3. The standard InChI is InChI=1S/C12H15O2/c1-2-13-11-4-3-5-12(8-11)14-9-10-6-7-10/h3-4,8,10H,2,6-7,9H2,1H3. The van der Waals surface area contributed by atoms with Gasteiger partial charge >= 0.3 is 0 Å². The Hall–Kier alpha value is -1.18. The molecule has 0 saturated heterocycles. The summed E-state index contributed by atoms with van der Waals surface area (Å²) in [6, 6.07) is 8.68. The molecular weight excluding hydrogens is 176 g/mol. The highest BCUT2D eigenvalue weighted by molar-refractivity contribution is 5.31. The molecule has 1 fully saturated rings. The molecular formula is C12H15O2. The van der Waals surface area contributed by atoms with Gasteiger partial charge in [0.15, 0.2) is 0 Å². The largest absolute Gasteiger partial charge is 0.494 e. The van der Waals surface area contributed by atoms with Crippen molar-refractivity contribution in [3.05, 3.63) is 24.3 Å². The van der Waals surface area contributed by atoms with Gasteiger partial charge in [-0.05, 0) is 37.8 Å². The van der Waals surface area contributed by atoms with E-state index in [-0.39, 0.29) is 0 Å². The normalized spacial score (nSPS) is 15.2. The summed E-state index contributed by atoms with van der Waals surface area (Å²) in [5.41, 5.74) is 0. The molecule has 1 aliphatic rings. The maximum atomic E-state index is 5.58. The zero-order chi connectivity index (χ0) is 9.80. The number of ether oxygens (including phenoxy) is 2. The fourth-order valence-electron chi connectivity index (χ4n) is 1.26. The highest BCUT2D eigenvalue weighted by Gasteiger charge is 2.21. The number of rotatable bonds is 5. The first kappa shape index (κ1) is 9.38. The van der Waals surface area contributed by atoms with Gasteiger partial charge in [0, 0.05) is 12.1 Å². The summed E-state index contributed by atoms with van der Waals surface area (Å²) in [5.74, 6) is 2.43. The SMILES string of the molecule is CCOc1cc[c]c(OCC2CC2)c1. The van der Waals surface area contributed by atoms with Crippen LogP contribution < -0.4 is 9.47 Å². The maximum absolute atomic E-state index is 5.58.